The summed E-state index contributed by atoms with van der Waals surface area (Å²) in [5.74, 6) is -3.58. The second kappa shape index (κ2) is 5.85. The van der Waals surface area contributed by atoms with Gasteiger partial charge in [0, 0.05) is 10.5 Å². The van der Waals surface area contributed by atoms with Gasteiger partial charge in [-0.2, -0.15) is 0 Å². The molecule has 0 bridgehead atoms. The van der Waals surface area contributed by atoms with E-state index in [1.165, 1.54) is 12.1 Å². The molecule has 7 heteroatoms. The van der Waals surface area contributed by atoms with E-state index in [4.69, 9.17) is 11.6 Å². The molecule has 0 saturated heterocycles. The van der Waals surface area contributed by atoms with Crippen LogP contribution >= 0.6 is 27.5 Å². The zero-order chi connectivity index (χ0) is 14.9. The zero-order valence-electron chi connectivity index (χ0n) is 9.68. The fraction of sp³-hybridized carbons (Fsp3) is 0. The lowest BCUT2D eigenvalue weighted by molar-refractivity contribution is 0.102. The number of benzene rings is 2. The minimum Gasteiger partial charge on any atom is -0.318 e. The molecular formula is C13H6BrClF3NO. The molecule has 0 radical (unpaired) electrons. The average molecular weight is 365 g/mol. The number of carbonyl (C=O) groups excluding carboxylic acids is 1. The molecule has 0 spiro atoms. The van der Waals surface area contributed by atoms with Crippen LogP contribution in [-0.4, -0.2) is 5.91 Å². The average Bonchev–Trinajstić information content (AvgIpc) is 2.36. The number of halogens is 5. The van der Waals surface area contributed by atoms with Crippen LogP contribution in [0.1, 0.15) is 10.4 Å². The van der Waals surface area contributed by atoms with E-state index in [2.05, 4.69) is 21.2 Å². The van der Waals surface area contributed by atoms with Crippen molar-refractivity contribution in [3.63, 3.8) is 0 Å². The molecule has 0 fully saturated rings. The van der Waals surface area contributed by atoms with Crippen LogP contribution in [0.2, 0.25) is 5.02 Å². The van der Waals surface area contributed by atoms with Gasteiger partial charge in [0.15, 0.2) is 5.82 Å². The minimum atomic E-state index is -1.04. The zero-order valence-corrected chi connectivity index (χ0v) is 12.0. The normalized spacial score (nSPS) is 10.4. The summed E-state index contributed by atoms with van der Waals surface area (Å²) in [6, 6.07) is 5.15. The molecule has 0 atom stereocenters. The van der Waals surface area contributed by atoms with Crippen LogP contribution in [0, 0.1) is 17.5 Å². The maximum Gasteiger partial charge on any atom is 0.258 e. The molecule has 2 rings (SSSR count). The summed E-state index contributed by atoms with van der Waals surface area (Å²) >= 11 is 8.73. The first-order chi connectivity index (χ1) is 9.38. The molecular weight excluding hydrogens is 358 g/mol. The SMILES string of the molecule is O=C(Nc1c(F)cc(F)cc1Cl)c1cc(Br)ccc1F. The predicted octanol–water partition coefficient (Wildman–Crippen LogP) is 4.77. The van der Waals surface area contributed by atoms with Gasteiger partial charge in [-0.3, -0.25) is 4.79 Å². The molecule has 2 nitrogen and oxygen atoms in total. The van der Waals surface area contributed by atoms with Gasteiger partial charge >= 0.3 is 0 Å². The molecule has 0 aliphatic rings. The first-order valence-electron chi connectivity index (χ1n) is 5.29. The molecule has 0 heterocycles. The summed E-state index contributed by atoms with van der Waals surface area (Å²) in [6.45, 7) is 0. The van der Waals surface area contributed by atoms with Gasteiger partial charge in [0.25, 0.3) is 5.91 Å². The van der Waals surface area contributed by atoms with Crippen LogP contribution < -0.4 is 5.32 Å². The second-order valence-electron chi connectivity index (χ2n) is 3.82. The van der Waals surface area contributed by atoms with Gasteiger partial charge in [0.1, 0.15) is 11.6 Å². The minimum absolute atomic E-state index is 0.292. The van der Waals surface area contributed by atoms with Crippen molar-refractivity contribution < 1.29 is 18.0 Å². The van der Waals surface area contributed by atoms with E-state index in [1.54, 1.807) is 0 Å². The predicted molar refractivity (Wildman–Crippen MR) is 73.4 cm³/mol. The van der Waals surface area contributed by atoms with Crippen LogP contribution in [0.4, 0.5) is 18.9 Å². The Hall–Kier alpha value is -1.53. The number of nitrogens with one attached hydrogen (secondary N) is 1. The summed E-state index contributed by atoms with van der Waals surface area (Å²) in [5, 5.41) is 1.80. The van der Waals surface area contributed by atoms with Gasteiger partial charge in [0.05, 0.1) is 16.3 Å². The fourth-order valence-electron chi connectivity index (χ4n) is 1.51. The van der Waals surface area contributed by atoms with Crippen LogP contribution in [0.3, 0.4) is 0 Å². The molecule has 2 aromatic carbocycles. The molecule has 1 amide bonds. The van der Waals surface area contributed by atoms with Gasteiger partial charge in [-0.25, -0.2) is 13.2 Å². The highest BCUT2D eigenvalue weighted by Gasteiger charge is 2.17. The maximum atomic E-state index is 13.5. The third-order valence-electron chi connectivity index (χ3n) is 2.42. The van der Waals surface area contributed by atoms with E-state index in [1.807, 2.05) is 0 Å². The highest BCUT2D eigenvalue weighted by Crippen LogP contribution is 2.27. The van der Waals surface area contributed by atoms with Gasteiger partial charge < -0.3 is 5.32 Å². The van der Waals surface area contributed by atoms with Crippen molar-refractivity contribution in [3.05, 3.63) is 62.8 Å². The Kier molecular flexibility index (Phi) is 4.35. The summed E-state index contributed by atoms with van der Waals surface area (Å²) in [4.78, 5) is 11.9. The van der Waals surface area contributed by atoms with Crippen molar-refractivity contribution in [2.75, 3.05) is 5.32 Å². The largest absolute Gasteiger partial charge is 0.318 e. The van der Waals surface area contributed by atoms with Crippen LogP contribution in [0.15, 0.2) is 34.8 Å². The number of carbonyl (C=O) groups is 1. The van der Waals surface area contributed by atoms with E-state index < -0.39 is 29.0 Å². The number of hydrogen-bond donors (Lipinski definition) is 1. The van der Waals surface area contributed by atoms with E-state index in [-0.39, 0.29) is 10.6 Å². The van der Waals surface area contributed by atoms with Gasteiger partial charge in [-0.05, 0) is 24.3 Å². The van der Waals surface area contributed by atoms with Crippen LogP contribution in [0.5, 0.6) is 0 Å². The summed E-state index contributed by atoms with van der Waals surface area (Å²) < 4.78 is 40.4. The fourth-order valence-corrected chi connectivity index (χ4v) is 2.12. The van der Waals surface area contributed by atoms with E-state index >= 15 is 0 Å². The molecule has 0 aliphatic heterocycles. The Labute approximate surface area is 125 Å². The lowest BCUT2D eigenvalue weighted by atomic mass is 10.2. The van der Waals surface area contributed by atoms with Crippen LogP contribution in [0.25, 0.3) is 0 Å². The summed E-state index contributed by atoms with van der Waals surface area (Å²) in [5.41, 5.74) is -0.698. The maximum absolute atomic E-state index is 13.5. The number of hydrogen-bond acceptors (Lipinski definition) is 1. The highest BCUT2D eigenvalue weighted by atomic mass is 79.9. The van der Waals surface area contributed by atoms with Crippen molar-refractivity contribution in [1.29, 1.82) is 0 Å². The second-order valence-corrected chi connectivity index (χ2v) is 5.15. The standard InChI is InChI=1S/C13H6BrClF3NO/c14-6-1-2-10(17)8(3-6)13(20)19-12-9(15)4-7(16)5-11(12)18/h1-5H,(H,19,20). The van der Waals surface area contributed by atoms with E-state index in [9.17, 15) is 18.0 Å². The monoisotopic (exact) mass is 363 g/mol. The highest BCUT2D eigenvalue weighted by molar-refractivity contribution is 9.10. The third-order valence-corrected chi connectivity index (χ3v) is 3.21. The van der Waals surface area contributed by atoms with Crippen molar-refractivity contribution in [2.24, 2.45) is 0 Å². The lowest BCUT2D eigenvalue weighted by Gasteiger charge is -2.09. The Morgan fingerprint density at radius 2 is 1.80 bits per heavy atom. The van der Waals surface area contributed by atoms with Crippen molar-refractivity contribution in [3.8, 4) is 0 Å². The lowest BCUT2D eigenvalue weighted by Crippen LogP contribution is -2.15. The van der Waals surface area contributed by atoms with Crippen molar-refractivity contribution >= 4 is 39.1 Å². The summed E-state index contributed by atoms with van der Waals surface area (Å²) in [7, 11) is 0. The summed E-state index contributed by atoms with van der Waals surface area (Å²) in [6.07, 6.45) is 0. The number of amides is 1. The number of rotatable bonds is 2. The van der Waals surface area contributed by atoms with Gasteiger partial charge in [-0.15, -0.1) is 0 Å². The van der Waals surface area contributed by atoms with E-state index in [0.717, 1.165) is 12.1 Å². The first kappa shape index (κ1) is 14.9. The molecule has 20 heavy (non-hydrogen) atoms. The van der Waals surface area contributed by atoms with Crippen molar-refractivity contribution in [2.45, 2.75) is 0 Å². The van der Waals surface area contributed by atoms with Gasteiger partial charge in [0.2, 0.25) is 0 Å². The Balaban J connectivity index is 2.35. The molecule has 2 aromatic rings. The first-order valence-corrected chi connectivity index (χ1v) is 6.46. The quantitative estimate of drug-likeness (QED) is 0.817. The molecule has 0 unspecified atom stereocenters. The Morgan fingerprint density at radius 1 is 1.10 bits per heavy atom. The Bertz CT molecular complexity index is 670. The topological polar surface area (TPSA) is 29.1 Å². The van der Waals surface area contributed by atoms with Crippen LogP contribution in [-0.2, 0) is 0 Å². The molecule has 104 valence electrons. The Morgan fingerprint density at radius 3 is 2.45 bits per heavy atom. The molecule has 0 aliphatic carbocycles. The van der Waals surface area contributed by atoms with Gasteiger partial charge in [-0.1, -0.05) is 27.5 Å². The number of anilines is 1. The smallest absolute Gasteiger partial charge is 0.258 e. The van der Waals surface area contributed by atoms with Crippen molar-refractivity contribution in [1.82, 2.24) is 0 Å². The third kappa shape index (κ3) is 3.13. The molecule has 0 saturated carbocycles. The molecule has 1 N–H and O–H groups in total. The van der Waals surface area contributed by atoms with E-state index in [0.29, 0.717) is 10.5 Å². The molecule has 0 aromatic heterocycles.